The zero-order chi connectivity index (χ0) is 22.8. The molecule has 1 fully saturated rings. The first kappa shape index (κ1) is 23.1. The average molecular weight is 494 g/mol. The van der Waals surface area contributed by atoms with Gasteiger partial charge in [-0.1, -0.05) is 40.6 Å². The zero-order valence-electron chi connectivity index (χ0n) is 17.9. The number of benzene rings is 2. The van der Waals surface area contributed by atoms with Crippen molar-refractivity contribution in [3.63, 3.8) is 0 Å². The van der Waals surface area contributed by atoms with Gasteiger partial charge in [-0.25, -0.2) is 4.98 Å². The quantitative estimate of drug-likeness (QED) is 0.487. The van der Waals surface area contributed by atoms with E-state index in [-0.39, 0.29) is 6.42 Å². The van der Waals surface area contributed by atoms with E-state index in [0.29, 0.717) is 35.0 Å². The third kappa shape index (κ3) is 5.29. The van der Waals surface area contributed by atoms with Gasteiger partial charge in [-0.15, -0.1) is 0 Å². The highest BCUT2D eigenvalue weighted by atomic mass is 35.5. The zero-order valence-corrected chi connectivity index (χ0v) is 20.3. The van der Waals surface area contributed by atoms with E-state index in [1.807, 2.05) is 18.2 Å². The first-order valence-corrected chi connectivity index (χ1v) is 12.1. The first-order chi connectivity index (χ1) is 15.3. The third-order valence-corrected chi connectivity index (χ3v) is 7.30. The number of rotatable bonds is 7. The summed E-state index contributed by atoms with van der Waals surface area (Å²) < 4.78 is 7.02. The van der Waals surface area contributed by atoms with E-state index in [1.165, 1.54) is 0 Å². The predicted molar refractivity (Wildman–Crippen MR) is 131 cm³/mol. The molecule has 0 spiro atoms. The molecular weight excluding hydrogens is 469 g/mol. The van der Waals surface area contributed by atoms with Crippen LogP contribution in [0.3, 0.4) is 0 Å². The lowest BCUT2D eigenvalue weighted by atomic mass is 10.1. The standard InChI is InChI=1S/C23H25Cl2N3O3S/c1-14-12-27(23-26-19-6-4-17(24)11-21(19)32-23)13-15(2)28(14)7-8-31-20-9-16(10-22(29)30)3-5-18(20)25/h3-6,9,11,14-15H,7-8,10,12-13H2,1-2H3,(H,29,30)/t14-,15+. The van der Waals surface area contributed by atoms with Crippen LogP contribution in [0.1, 0.15) is 19.4 Å². The Balaban J connectivity index is 1.36. The highest BCUT2D eigenvalue weighted by Gasteiger charge is 2.30. The second-order valence-electron chi connectivity index (χ2n) is 8.13. The van der Waals surface area contributed by atoms with Gasteiger partial charge in [0.25, 0.3) is 0 Å². The van der Waals surface area contributed by atoms with Crippen LogP contribution < -0.4 is 9.64 Å². The van der Waals surface area contributed by atoms with Crippen molar-refractivity contribution in [1.29, 1.82) is 0 Å². The number of nitrogens with zero attached hydrogens (tertiary/aromatic N) is 3. The van der Waals surface area contributed by atoms with E-state index in [4.69, 9.17) is 38.0 Å². The van der Waals surface area contributed by atoms with Crippen molar-refractivity contribution in [2.24, 2.45) is 0 Å². The number of carboxylic acids is 1. The van der Waals surface area contributed by atoms with Gasteiger partial charge in [0.05, 0.1) is 21.7 Å². The minimum Gasteiger partial charge on any atom is -0.491 e. The fourth-order valence-electron chi connectivity index (χ4n) is 4.18. The molecular formula is C23H25Cl2N3O3S. The lowest BCUT2D eigenvalue weighted by Gasteiger charge is -2.44. The molecule has 2 atom stereocenters. The molecule has 1 aromatic heterocycles. The van der Waals surface area contributed by atoms with Crippen molar-refractivity contribution in [2.75, 3.05) is 31.1 Å². The highest BCUT2D eigenvalue weighted by molar-refractivity contribution is 7.22. The van der Waals surface area contributed by atoms with Crippen LogP contribution in [0.25, 0.3) is 10.2 Å². The SMILES string of the molecule is C[C@@H]1CN(c2nc3ccc(Cl)cc3s2)C[C@H](C)N1CCOc1cc(CC(=O)O)ccc1Cl. The second-order valence-corrected chi connectivity index (χ2v) is 9.99. The van der Waals surface area contributed by atoms with E-state index in [0.717, 1.165) is 40.0 Å². The van der Waals surface area contributed by atoms with Crippen LogP contribution in [0.15, 0.2) is 36.4 Å². The number of ether oxygens (including phenoxy) is 1. The number of fused-ring (bicyclic) bond motifs is 1. The molecule has 0 unspecified atom stereocenters. The summed E-state index contributed by atoms with van der Waals surface area (Å²) in [7, 11) is 0. The van der Waals surface area contributed by atoms with E-state index >= 15 is 0 Å². The van der Waals surface area contributed by atoms with Gasteiger partial charge in [0.2, 0.25) is 0 Å². The van der Waals surface area contributed by atoms with Gasteiger partial charge in [0.15, 0.2) is 5.13 Å². The van der Waals surface area contributed by atoms with E-state index in [1.54, 1.807) is 29.5 Å². The molecule has 1 aliphatic heterocycles. The molecule has 0 amide bonds. The maximum atomic E-state index is 11.0. The van der Waals surface area contributed by atoms with E-state index < -0.39 is 5.97 Å². The maximum absolute atomic E-state index is 11.0. The van der Waals surface area contributed by atoms with Crippen molar-refractivity contribution in [3.8, 4) is 5.75 Å². The van der Waals surface area contributed by atoms with Crippen LogP contribution in [0.5, 0.6) is 5.75 Å². The van der Waals surface area contributed by atoms with Gasteiger partial charge in [-0.3, -0.25) is 9.69 Å². The van der Waals surface area contributed by atoms with Gasteiger partial charge in [-0.2, -0.15) is 0 Å². The fourth-order valence-corrected chi connectivity index (χ4v) is 5.61. The number of thiazole rings is 1. The predicted octanol–water partition coefficient (Wildman–Crippen LogP) is 5.21. The molecule has 1 N–H and O–H groups in total. The number of aliphatic carboxylic acids is 1. The number of carboxylic acid groups (broad SMARTS) is 1. The molecule has 3 aromatic rings. The first-order valence-electron chi connectivity index (χ1n) is 10.5. The van der Waals surface area contributed by atoms with E-state index in [9.17, 15) is 4.79 Å². The summed E-state index contributed by atoms with van der Waals surface area (Å²) in [6.45, 7) is 7.43. The molecule has 9 heteroatoms. The fraction of sp³-hybridized carbons (Fsp3) is 0.391. The van der Waals surface area contributed by atoms with Crippen molar-refractivity contribution in [2.45, 2.75) is 32.4 Å². The number of hydrogen-bond acceptors (Lipinski definition) is 6. The van der Waals surface area contributed by atoms with Crippen LogP contribution in [-0.2, 0) is 11.2 Å². The number of halogens is 2. The molecule has 0 bridgehead atoms. The topological polar surface area (TPSA) is 65.9 Å². The van der Waals surface area contributed by atoms with E-state index in [2.05, 4.69) is 23.6 Å². The second kappa shape index (κ2) is 9.83. The Bertz CT molecular complexity index is 1110. The normalized spacial score (nSPS) is 19.4. The maximum Gasteiger partial charge on any atom is 0.307 e. The van der Waals surface area contributed by atoms with Crippen molar-refractivity contribution in [3.05, 3.63) is 52.0 Å². The van der Waals surface area contributed by atoms with Crippen LogP contribution in [0.4, 0.5) is 5.13 Å². The van der Waals surface area contributed by atoms with Crippen molar-refractivity contribution in [1.82, 2.24) is 9.88 Å². The summed E-state index contributed by atoms with van der Waals surface area (Å²) in [5, 5.41) is 11.2. The monoisotopic (exact) mass is 493 g/mol. The van der Waals surface area contributed by atoms with Crippen molar-refractivity contribution >= 4 is 55.9 Å². The van der Waals surface area contributed by atoms with Gasteiger partial charge < -0.3 is 14.7 Å². The number of hydrogen-bond donors (Lipinski definition) is 1. The van der Waals surface area contributed by atoms with Crippen LogP contribution in [-0.4, -0.2) is 59.3 Å². The Morgan fingerprint density at radius 3 is 2.66 bits per heavy atom. The largest absolute Gasteiger partial charge is 0.491 e. The Morgan fingerprint density at radius 2 is 1.94 bits per heavy atom. The minimum absolute atomic E-state index is 0.0540. The molecule has 0 aliphatic carbocycles. The number of aromatic nitrogens is 1. The Hall–Kier alpha value is -2.06. The molecule has 0 radical (unpaired) electrons. The van der Waals surface area contributed by atoms with Crippen molar-refractivity contribution < 1.29 is 14.6 Å². The minimum atomic E-state index is -0.880. The molecule has 4 rings (SSSR count). The van der Waals surface area contributed by atoms with Gasteiger partial charge in [0, 0.05) is 36.7 Å². The number of anilines is 1. The lowest BCUT2D eigenvalue weighted by Crippen LogP contribution is -2.57. The Labute approximate surface area is 201 Å². The summed E-state index contributed by atoms with van der Waals surface area (Å²) >= 11 is 14.0. The number of piperazine rings is 1. The third-order valence-electron chi connectivity index (χ3n) is 5.67. The number of carbonyl (C=O) groups is 1. The molecule has 0 saturated carbocycles. The molecule has 170 valence electrons. The Kier molecular flexibility index (Phi) is 7.10. The molecule has 1 aliphatic rings. The molecule has 6 nitrogen and oxygen atoms in total. The smallest absolute Gasteiger partial charge is 0.307 e. The Morgan fingerprint density at radius 1 is 1.19 bits per heavy atom. The van der Waals surface area contributed by atoms with Crippen LogP contribution >= 0.6 is 34.5 Å². The van der Waals surface area contributed by atoms with Gasteiger partial charge >= 0.3 is 5.97 Å². The lowest BCUT2D eigenvalue weighted by molar-refractivity contribution is -0.136. The molecule has 1 saturated heterocycles. The van der Waals surface area contributed by atoms with Gasteiger partial charge in [-0.05, 0) is 49.7 Å². The highest BCUT2D eigenvalue weighted by Crippen LogP contribution is 2.33. The van der Waals surface area contributed by atoms with Gasteiger partial charge in [0.1, 0.15) is 12.4 Å². The summed E-state index contributed by atoms with van der Waals surface area (Å²) in [5.41, 5.74) is 1.65. The molecule has 2 heterocycles. The summed E-state index contributed by atoms with van der Waals surface area (Å²) in [6.07, 6.45) is -0.0540. The molecule has 32 heavy (non-hydrogen) atoms. The summed E-state index contributed by atoms with van der Waals surface area (Å²) in [4.78, 5) is 20.5. The average Bonchev–Trinajstić information content (AvgIpc) is 3.15. The van der Waals surface area contributed by atoms with Crippen LogP contribution in [0, 0.1) is 0 Å². The summed E-state index contributed by atoms with van der Waals surface area (Å²) in [6, 6.07) is 11.6. The molecule has 2 aromatic carbocycles. The van der Waals surface area contributed by atoms with Crippen LogP contribution in [0.2, 0.25) is 10.0 Å². The summed E-state index contributed by atoms with van der Waals surface area (Å²) in [5.74, 6) is -0.354.